The normalized spacial score (nSPS) is 14.0. The number of anilines is 1. The lowest BCUT2D eigenvalue weighted by atomic mass is 10.1. The van der Waals surface area contributed by atoms with Crippen LogP contribution in [0.2, 0.25) is 0 Å². The number of aromatic nitrogens is 1. The number of benzene rings is 2. The molecular formula is C22H16F3N3O2S2. The number of amides is 1. The summed E-state index contributed by atoms with van der Waals surface area (Å²) in [5.74, 6) is -0.564. The Bertz CT molecular complexity index is 1310. The molecule has 0 radical (unpaired) electrons. The number of rotatable bonds is 5. The van der Waals surface area contributed by atoms with Crippen LogP contribution in [0.15, 0.2) is 53.5 Å². The van der Waals surface area contributed by atoms with E-state index in [-0.39, 0.29) is 24.5 Å². The molecule has 0 spiro atoms. The monoisotopic (exact) mass is 475 g/mol. The van der Waals surface area contributed by atoms with Crippen LogP contribution in [-0.4, -0.2) is 21.8 Å². The van der Waals surface area contributed by atoms with Gasteiger partial charge in [-0.2, -0.15) is 13.2 Å². The highest BCUT2D eigenvalue weighted by Gasteiger charge is 2.30. The fourth-order valence-corrected chi connectivity index (χ4v) is 4.52. The van der Waals surface area contributed by atoms with Crippen molar-refractivity contribution in [1.82, 2.24) is 4.57 Å². The van der Waals surface area contributed by atoms with Gasteiger partial charge in [0.25, 0.3) is 0 Å². The summed E-state index contributed by atoms with van der Waals surface area (Å²) in [4.78, 5) is 17.1. The Labute approximate surface area is 190 Å². The first-order chi connectivity index (χ1) is 15.2. The summed E-state index contributed by atoms with van der Waals surface area (Å²) in [5, 5.41) is 13.1. The maximum atomic E-state index is 12.8. The van der Waals surface area contributed by atoms with E-state index in [0.717, 1.165) is 29.0 Å². The summed E-state index contributed by atoms with van der Waals surface area (Å²) >= 11 is 6.52. The maximum Gasteiger partial charge on any atom is 0.416 e. The highest BCUT2D eigenvalue weighted by atomic mass is 32.1. The number of thiazole rings is 1. The van der Waals surface area contributed by atoms with Gasteiger partial charge in [-0.25, -0.2) is 0 Å². The Hall–Kier alpha value is -3.24. The Kier molecular flexibility index (Phi) is 5.98. The van der Waals surface area contributed by atoms with Crippen molar-refractivity contribution in [2.45, 2.75) is 19.1 Å². The first kappa shape index (κ1) is 22.0. The molecule has 32 heavy (non-hydrogen) atoms. The Morgan fingerprint density at radius 3 is 2.78 bits per heavy atom. The molecule has 2 aromatic carbocycles. The van der Waals surface area contributed by atoms with Crippen molar-refractivity contribution < 1.29 is 23.1 Å². The predicted molar refractivity (Wildman–Crippen MR) is 122 cm³/mol. The van der Waals surface area contributed by atoms with Gasteiger partial charge in [0.05, 0.1) is 16.1 Å². The van der Waals surface area contributed by atoms with E-state index in [1.54, 1.807) is 12.3 Å². The Balaban J connectivity index is 1.46. The van der Waals surface area contributed by atoms with Gasteiger partial charge in [-0.15, -0.1) is 11.3 Å². The van der Waals surface area contributed by atoms with Crippen molar-refractivity contribution in [3.05, 3.63) is 68.5 Å². The molecule has 0 unspecified atom stereocenters. The number of allylic oxidation sites excluding steroid dienone is 1. The SMILES string of the molecule is O=C(CCn1c(O)c(/C=C2\C=Nc3ccccc32)sc1=S)Nc1cccc(C(F)(F)F)c1. The molecule has 0 atom stereocenters. The number of halogens is 3. The molecule has 164 valence electrons. The number of carbonyl (C=O) groups is 1. The average Bonchev–Trinajstić information content (AvgIpc) is 3.27. The quantitative estimate of drug-likeness (QED) is 0.426. The predicted octanol–water partition coefficient (Wildman–Crippen LogP) is 6.29. The van der Waals surface area contributed by atoms with Crippen LogP contribution in [-0.2, 0) is 17.5 Å². The van der Waals surface area contributed by atoms with Gasteiger partial charge in [0.15, 0.2) is 3.95 Å². The number of aromatic hydroxyl groups is 1. The number of nitrogens with one attached hydrogen (secondary N) is 1. The lowest BCUT2D eigenvalue weighted by molar-refractivity contribution is -0.137. The van der Waals surface area contributed by atoms with Crippen molar-refractivity contribution in [2.24, 2.45) is 4.99 Å². The van der Waals surface area contributed by atoms with Crippen molar-refractivity contribution in [3.8, 4) is 5.88 Å². The Morgan fingerprint density at radius 1 is 1.22 bits per heavy atom. The number of fused-ring (bicyclic) bond motifs is 1. The van der Waals surface area contributed by atoms with Crippen LogP contribution < -0.4 is 5.32 Å². The van der Waals surface area contributed by atoms with E-state index in [1.807, 2.05) is 24.3 Å². The van der Waals surface area contributed by atoms with Gasteiger partial charge in [0.2, 0.25) is 11.8 Å². The summed E-state index contributed by atoms with van der Waals surface area (Å²) in [7, 11) is 0. The van der Waals surface area contributed by atoms with E-state index in [4.69, 9.17) is 12.2 Å². The lowest BCUT2D eigenvalue weighted by Gasteiger charge is -2.10. The van der Waals surface area contributed by atoms with Crippen LogP contribution in [0.25, 0.3) is 11.6 Å². The van der Waals surface area contributed by atoms with E-state index in [1.165, 1.54) is 28.0 Å². The summed E-state index contributed by atoms with van der Waals surface area (Å²) in [6.07, 6.45) is -1.08. The summed E-state index contributed by atoms with van der Waals surface area (Å²) in [6.45, 7) is 0.0831. The van der Waals surface area contributed by atoms with Gasteiger partial charge in [0, 0.05) is 36.0 Å². The van der Waals surface area contributed by atoms with Crippen molar-refractivity contribution in [2.75, 3.05) is 5.32 Å². The molecule has 5 nitrogen and oxygen atoms in total. The van der Waals surface area contributed by atoms with E-state index >= 15 is 0 Å². The zero-order valence-corrected chi connectivity index (χ0v) is 18.0. The van der Waals surface area contributed by atoms with E-state index in [0.29, 0.717) is 8.83 Å². The molecule has 0 aliphatic carbocycles. The van der Waals surface area contributed by atoms with Crippen molar-refractivity contribution in [3.63, 3.8) is 0 Å². The van der Waals surface area contributed by atoms with E-state index < -0.39 is 17.6 Å². The summed E-state index contributed by atoms with van der Waals surface area (Å²) < 4.78 is 40.3. The molecule has 0 fully saturated rings. The molecule has 10 heteroatoms. The lowest BCUT2D eigenvalue weighted by Crippen LogP contribution is -2.15. The van der Waals surface area contributed by atoms with Gasteiger partial charge in [-0.3, -0.25) is 14.4 Å². The summed E-state index contributed by atoms with van der Waals surface area (Å²) in [6, 6.07) is 12.0. The first-order valence-electron chi connectivity index (χ1n) is 9.47. The second-order valence-corrected chi connectivity index (χ2v) is 8.63. The third-order valence-electron chi connectivity index (χ3n) is 4.77. The number of hydrogen-bond donors (Lipinski definition) is 2. The van der Waals surface area contributed by atoms with Gasteiger partial charge >= 0.3 is 6.18 Å². The fourth-order valence-electron chi connectivity index (χ4n) is 3.21. The minimum atomic E-state index is -4.49. The van der Waals surface area contributed by atoms with Crippen LogP contribution in [0.3, 0.4) is 0 Å². The third kappa shape index (κ3) is 4.66. The van der Waals surface area contributed by atoms with Gasteiger partial charge in [-0.05, 0) is 42.6 Å². The maximum absolute atomic E-state index is 12.8. The largest absolute Gasteiger partial charge is 0.493 e. The van der Waals surface area contributed by atoms with Crippen LogP contribution in [0.1, 0.15) is 22.4 Å². The first-order valence-corrected chi connectivity index (χ1v) is 10.7. The number of para-hydroxylation sites is 1. The number of nitrogens with zero attached hydrogens (tertiary/aromatic N) is 2. The van der Waals surface area contributed by atoms with Gasteiger partial charge < -0.3 is 10.4 Å². The number of alkyl halides is 3. The van der Waals surface area contributed by atoms with Crippen LogP contribution in [0, 0.1) is 3.95 Å². The molecule has 0 saturated heterocycles. The molecule has 1 aliphatic heterocycles. The minimum absolute atomic E-state index is 0.0487. The summed E-state index contributed by atoms with van der Waals surface area (Å²) in [5.41, 5.74) is 1.82. The zero-order chi connectivity index (χ0) is 22.9. The van der Waals surface area contributed by atoms with Crippen LogP contribution >= 0.6 is 23.6 Å². The van der Waals surface area contributed by atoms with Crippen LogP contribution in [0.5, 0.6) is 5.88 Å². The average molecular weight is 476 g/mol. The topological polar surface area (TPSA) is 66.6 Å². The van der Waals surface area contributed by atoms with Gasteiger partial charge in [0.1, 0.15) is 0 Å². The van der Waals surface area contributed by atoms with Crippen molar-refractivity contribution >= 4 is 58.7 Å². The molecule has 0 saturated carbocycles. The third-order valence-corrected chi connectivity index (χ3v) is 6.16. The minimum Gasteiger partial charge on any atom is -0.493 e. The molecule has 0 bridgehead atoms. The number of carbonyl (C=O) groups excluding carboxylic acids is 1. The molecule has 2 heterocycles. The smallest absolute Gasteiger partial charge is 0.416 e. The zero-order valence-electron chi connectivity index (χ0n) is 16.4. The van der Waals surface area contributed by atoms with E-state index in [2.05, 4.69) is 10.3 Å². The molecule has 4 rings (SSSR count). The highest BCUT2D eigenvalue weighted by molar-refractivity contribution is 7.73. The molecule has 2 N–H and O–H groups in total. The Morgan fingerprint density at radius 2 is 2.00 bits per heavy atom. The number of hydrogen-bond acceptors (Lipinski definition) is 5. The standard InChI is InChI=1S/C22H16F3N3O2S2/c23-22(24,25)14-4-3-5-15(11-14)27-19(29)8-9-28-20(30)18(32-21(28)31)10-13-12-26-17-7-2-1-6-16(13)17/h1-7,10-12,30H,8-9H2,(H,27,29)/b13-10+. The second-order valence-electron chi connectivity index (χ2n) is 6.96. The molecule has 1 amide bonds. The second kappa shape index (κ2) is 8.71. The number of aliphatic imine (C=N–C) groups is 1. The van der Waals surface area contributed by atoms with Crippen LogP contribution in [0.4, 0.5) is 24.5 Å². The molecule has 3 aromatic rings. The van der Waals surface area contributed by atoms with Crippen molar-refractivity contribution in [1.29, 1.82) is 0 Å². The van der Waals surface area contributed by atoms with E-state index in [9.17, 15) is 23.1 Å². The van der Waals surface area contributed by atoms with Gasteiger partial charge in [-0.1, -0.05) is 24.3 Å². The molecule has 1 aromatic heterocycles. The highest BCUT2D eigenvalue weighted by Crippen LogP contribution is 2.36. The molecule has 1 aliphatic rings. The molecular weight excluding hydrogens is 459 g/mol. The fraction of sp³-hybridized carbons (Fsp3) is 0.136.